The number of carboxylic acid groups (broad SMARTS) is 1. The normalized spacial score (nSPS) is 17.8. The molecule has 0 aromatic carbocycles. The number of hydrogen-bond acceptors (Lipinski definition) is 8. The number of aliphatic carboxylic acids is 1. The molecule has 0 saturated heterocycles. The predicted octanol–water partition coefficient (Wildman–Crippen LogP) is 5.11. The van der Waals surface area contributed by atoms with E-state index in [2.05, 4.69) is 45.7 Å². The predicted molar refractivity (Wildman–Crippen MR) is 144 cm³/mol. The van der Waals surface area contributed by atoms with E-state index in [4.69, 9.17) is 32.3 Å². The number of aliphatic hydroxyl groups excluding tert-OH is 2. The van der Waals surface area contributed by atoms with Crippen LogP contribution in [0, 0.1) is 11.8 Å². The number of allylic oxidation sites excluding steroid dienone is 1. The number of halogens is 4. The molecule has 38 heavy (non-hydrogen) atoms. The zero-order valence-electron chi connectivity index (χ0n) is 19.8. The molecule has 0 saturated carbocycles. The van der Waals surface area contributed by atoms with Crippen LogP contribution >= 0.6 is 34.3 Å². The molecule has 7 nitrogen and oxygen atoms in total. The number of nitrogens with one attached hydrogen (secondary N) is 1. The third-order valence-electron chi connectivity index (χ3n) is 5.49. The van der Waals surface area contributed by atoms with Crippen molar-refractivity contribution in [2.24, 2.45) is 5.73 Å². The van der Waals surface area contributed by atoms with Crippen LogP contribution in [0.1, 0.15) is 40.5 Å². The number of rotatable bonds is 6. The van der Waals surface area contributed by atoms with Gasteiger partial charge in [0.15, 0.2) is 0 Å². The van der Waals surface area contributed by atoms with E-state index < -0.39 is 18.2 Å². The molecule has 3 atom stereocenters. The highest BCUT2D eigenvalue weighted by atomic mass is 35.5. The zero-order chi connectivity index (χ0) is 27.9. The first kappa shape index (κ1) is 29.9. The minimum Gasteiger partial charge on any atom is -0.475 e. The summed E-state index contributed by atoms with van der Waals surface area (Å²) in [4.78, 5) is 15.8. The minimum absolute atomic E-state index is 0.0136. The van der Waals surface area contributed by atoms with E-state index in [9.17, 15) is 18.3 Å². The molecule has 0 aliphatic heterocycles. The van der Waals surface area contributed by atoms with Crippen molar-refractivity contribution >= 4 is 56.1 Å². The van der Waals surface area contributed by atoms with Gasteiger partial charge in [0.25, 0.3) is 0 Å². The summed E-state index contributed by atoms with van der Waals surface area (Å²) in [5, 5.41) is 31.9. The van der Waals surface area contributed by atoms with E-state index in [1.54, 1.807) is 22.7 Å². The van der Waals surface area contributed by atoms with Crippen molar-refractivity contribution in [3.63, 3.8) is 0 Å². The number of anilines is 1. The smallest absolute Gasteiger partial charge is 0.475 e. The van der Waals surface area contributed by atoms with Crippen molar-refractivity contribution in [2.75, 3.05) is 11.9 Å². The summed E-state index contributed by atoms with van der Waals surface area (Å²) in [5.41, 5.74) is 8.97. The quantitative estimate of drug-likeness (QED) is 0.154. The fourth-order valence-corrected chi connectivity index (χ4v) is 5.84. The molecule has 1 aliphatic rings. The molecule has 6 N–H and O–H groups in total. The highest BCUT2D eigenvalue weighted by Crippen LogP contribution is 2.43. The van der Waals surface area contributed by atoms with Gasteiger partial charge < -0.3 is 26.4 Å². The zero-order valence-corrected chi connectivity index (χ0v) is 22.2. The van der Waals surface area contributed by atoms with Gasteiger partial charge in [0, 0.05) is 40.7 Å². The van der Waals surface area contributed by atoms with Gasteiger partial charge in [-0.1, -0.05) is 41.7 Å². The van der Waals surface area contributed by atoms with E-state index >= 15 is 0 Å². The second-order valence-corrected chi connectivity index (χ2v) is 10.8. The number of hydrogen-bond donors (Lipinski definition) is 5. The first-order chi connectivity index (χ1) is 18.0. The number of nitrogens with zero attached hydrogens (tertiary/aromatic N) is 1. The number of aromatic nitrogens is 1. The molecule has 1 aliphatic carbocycles. The van der Waals surface area contributed by atoms with Gasteiger partial charge in [0.05, 0.1) is 28.7 Å². The number of alkyl halides is 3. The Kier molecular flexibility index (Phi) is 10.6. The van der Waals surface area contributed by atoms with Crippen molar-refractivity contribution in [2.45, 2.75) is 50.0 Å². The van der Waals surface area contributed by atoms with Crippen LogP contribution in [0.5, 0.6) is 0 Å². The van der Waals surface area contributed by atoms with E-state index in [1.165, 1.54) is 4.88 Å². The monoisotopic (exact) mass is 587 g/mol. The van der Waals surface area contributed by atoms with Gasteiger partial charge >= 0.3 is 12.1 Å². The molecule has 0 amide bonds. The van der Waals surface area contributed by atoms with Gasteiger partial charge in [0.2, 0.25) is 0 Å². The molecule has 3 aromatic heterocycles. The maximum Gasteiger partial charge on any atom is 0.490 e. The van der Waals surface area contributed by atoms with E-state index in [-0.39, 0.29) is 25.0 Å². The van der Waals surface area contributed by atoms with Crippen LogP contribution in [0.3, 0.4) is 0 Å². The van der Waals surface area contributed by atoms with Crippen molar-refractivity contribution in [3.05, 3.63) is 56.2 Å². The number of nitrogens with two attached hydrogens (primary N) is 1. The van der Waals surface area contributed by atoms with Crippen LogP contribution in [0.2, 0.25) is 5.15 Å². The second-order valence-electron chi connectivity index (χ2n) is 8.30. The number of fused-ring (bicyclic) bond motifs is 1. The van der Waals surface area contributed by atoms with Crippen LogP contribution in [0.4, 0.5) is 18.9 Å². The van der Waals surface area contributed by atoms with Crippen LogP contribution in [0.25, 0.3) is 10.2 Å². The standard InChI is InChI=1S/C23H24ClN3O2S2.C2HF3O2/c24-20-11-19(26-12-15-6-4-10-30-15)23-21(27-20)17(8-3-5-14(29)13-28)22(31-23)16-7-1-2-9-18(16)25;3-2(4,5)1(6)7/h1-2,4,6,10-11,14,16,18,28-29H,5,7,9,12-13,25H2,(H,26,27);(H,6,7)/t14-,16-,18-;/m0./s1. The summed E-state index contributed by atoms with van der Waals surface area (Å²) in [6, 6.07) is 5.99. The minimum atomic E-state index is -5.08. The maximum atomic E-state index is 10.6. The SMILES string of the molecule is N[C@H]1CC=CC[C@@H]1c1sc2c(NCc3cccs3)cc(Cl)nc2c1C#CC[C@H](O)CO.O=C(O)C(F)(F)F. The van der Waals surface area contributed by atoms with Gasteiger partial charge in [-0.3, -0.25) is 0 Å². The number of thiophene rings is 2. The Morgan fingerprint density at radius 1 is 1.34 bits per heavy atom. The highest BCUT2D eigenvalue weighted by molar-refractivity contribution is 7.20. The summed E-state index contributed by atoms with van der Waals surface area (Å²) >= 11 is 9.75. The molecule has 4 rings (SSSR count). The lowest BCUT2D eigenvalue weighted by Gasteiger charge is -2.24. The molecule has 204 valence electrons. The van der Waals surface area contributed by atoms with Crippen molar-refractivity contribution in [1.29, 1.82) is 0 Å². The van der Waals surface area contributed by atoms with Crippen LogP contribution in [-0.4, -0.2) is 51.2 Å². The summed E-state index contributed by atoms with van der Waals surface area (Å²) in [6.07, 6.45) is 0.219. The summed E-state index contributed by atoms with van der Waals surface area (Å²) < 4.78 is 32.7. The van der Waals surface area contributed by atoms with Crippen molar-refractivity contribution < 1.29 is 33.3 Å². The topological polar surface area (TPSA) is 129 Å². The molecular weight excluding hydrogens is 563 g/mol. The number of carboxylic acids is 1. The highest BCUT2D eigenvalue weighted by Gasteiger charge is 2.38. The van der Waals surface area contributed by atoms with Gasteiger partial charge in [-0.2, -0.15) is 13.2 Å². The summed E-state index contributed by atoms with van der Waals surface area (Å²) in [5.74, 6) is 3.61. The molecule has 0 bridgehead atoms. The second kappa shape index (κ2) is 13.4. The van der Waals surface area contributed by atoms with E-state index in [0.29, 0.717) is 11.7 Å². The third kappa shape index (κ3) is 7.92. The number of pyridine rings is 1. The maximum absolute atomic E-state index is 10.6. The average molecular weight is 588 g/mol. The molecule has 0 spiro atoms. The molecular formula is C25H25ClF3N3O4S2. The van der Waals surface area contributed by atoms with Gasteiger partial charge in [-0.15, -0.1) is 22.7 Å². The molecule has 0 radical (unpaired) electrons. The van der Waals surface area contributed by atoms with Crippen LogP contribution in [0.15, 0.2) is 35.7 Å². The Bertz CT molecular complexity index is 1330. The molecule has 3 heterocycles. The average Bonchev–Trinajstić information content (AvgIpc) is 3.51. The Balaban J connectivity index is 0.000000505. The molecule has 0 unspecified atom stereocenters. The van der Waals surface area contributed by atoms with Crippen molar-refractivity contribution in [3.8, 4) is 11.8 Å². The fourth-order valence-electron chi connectivity index (χ4n) is 3.62. The Morgan fingerprint density at radius 2 is 2.05 bits per heavy atom. The van der Waals surface area contributed by atoms with Crippen LogP contribution in [-0.2, 0) is 11.3 Å². The van der Waals surface area contributed by atoms with Crippen molar-refractivity contribution in [1.82, 2.24) is 4.98 Å². The van der Waals surface area contributed by atoms with E-state index in [1.807, 2.05) is 12.1 Å². The largest absolute Gasteiger partial charge is 0.490 e. The lowest BCUT2D eigenvalue weighted by molar-refractivity contribution is -0.192. The summed E-state index contributed by atoms with van der Waals surface area (Å²) in [7, 11) is 0. The Labute approximate surface area is 229 Å². The first-order valence-electron chi connectivity index (χ1n) is 11.4. The lowest BCUT2D eigenvalue weighted by Crippen LogP contribution is -2.29. The van der Waals surface area contributed by atoms with Gasteiger partial charge in [0.1, 0.15) is 10.7 Å². The fraction of sp³-hybridized carbons (Fsp3) is 0.360. The lowest BCUT2D eigenvalue weighted by atomic mass is 9.87. The molecule has 0 fully saturated rings. The Hall–Kier alpha value is -2.66. The third-order valence-corrected chi connectivity index (χ3v) is 7.91. The molecule has 3 aromatic rings. The molecule has 13 heteroatoms. The summed E-state index contributed by atoms with van der Waals surface area (Å²) in [6.45, 7) is 0.390. The van der Waals surface area contributed by atoms with Crippen LogP contribution < -0.4 is 11.1 Å². The number of carbonyl (C=O) groups is 1. The number of aliphatic hydroxyl groups is 2. The van der Waals surface area contributed by atoms with Gasteiger partial charge in [-0.05, 0) is 24.3 Å². The first-order valence-corrected chi connectivity index (χ1v) is 13.5. The Morgan fingerprint density at radius 3 is 2.66 bits per heavy atom. The van der Waals surface area contributed by atoms with E-state index in [0.717, 1.165) is 39.2 Å². The van der Waals surface area contributed by atoms with Gasteiger partial charge in [-0.25, -0.2) is 9.78 Å².